The molecule has 122 valence electrons. The minimum absolute atomic E-state index is 0.126. The second-order valence-electron chi connectivity index (χ2n) is 5.46. The Bertz CT molecular complexity index is 888. The second kappa shape index (κ2) is 6.84. The van der Waals surface area contributed by atoms with Gasteiger partial charge in [0, 0.05) is 6.54 Å². The molecule has 5 nitrogen and oxygen atoms in total. The molecule has 2 aromatic carbocycles. The number of benzene rings is 2. The molecule has 0 atom stereocenters. The highest BCUT2D eigenvalue weighted by Gasteiger charge is 2.16. The summed E-state index contributed by atoms with van der Waals surface area (Å²) >= 11 is 6.19. The quantitative estimate of drug-likeness (QED) is 0.791. The monoisotopic (exact) mass is 340 g/mol. The van der Waals surface area contributed by atoms with E-state index in [1.165, 1.54) is 0 Å². The third-order valence-corrected chi connectivity index (χ3v) is 4.07. The Balaban J connectivity index is 1.78. The third kappa shape index (κ3) is 3.31. The molecule has 0 bridgehead atoms. The van der Waals surface area contributed by atoms with Crippen LogP contribution in [-0.4, -0.2) is 20.7 Å². The summed E-state index contributed by atoms with van der Waals surface area (Å²) < 4.78 is 1.57. The van der Waals surface area contributed by atoms with Crippen LogP contribution in [0.5, 0.6) is 0 Å². The largest absolute Gasteiger partial charge is 0.345 e. The minimum atomic E-state index is -0.313. The molecule has 3 aromatic rings. The van der Waals surface area contributed by atoms with Gasteiger partial charge in [0.05, 0.1) is 10.7 Å². The smallest absolute Gasteiger partial charge is 0.291 e. The zero-order chi connectivity index (χ0) is 17.1. The number of hydrogen-bond acceptors (Lipinski definition) is 3. The summed E-state index contributed by atoms with van der Waals surface area (Å²) in [5.41, 5.74) is 2.89. The fraction of sp³-hybridized carbons (Fsp3) is 0.167. The van der Waals surface area contributed by atoms with Gasteiger partial charge in [-0.3, -0.25) is 4.79 Å². The highest BCUT2D eigenvalue weighted by molar-refractivity contribution is 6.32. The Morgan fingerprint density at radius 3 is 2.58 bits per heavy atom. The Labute approximate surface area is 145 Å². The summed E-state index contributed by atoms with van der Waals surface area (Å²) in [6.07, 6.45) is 0. The molecular weight excluding hydrogens is 324 g/mol. The molecule has 24 heavy (non-hydrogen) atoms. The van der Waals surface area contributed by atoms with Crippen LogP contribution in [0.25, 0.3) is 5.69 Å². The molecule has 1 aromatic heterocycles. The van der Waals surface area contributed by atoms with Gasteiger partial charge in [-0.15, -0.1) is 5.10 Å². The maximum Gasteiger partial charge on any atom is 0.291 e. The third-order valence-electron chi connectivity index (χ3n) is 3.75. The van der Waals surface area contributed by atoms with E-state index in [9.17, 15) is 4.79 Å². The summed E-state index contributed by atoms with van der Waals surface area (Å²) in [5, 5.41) is 7.69. The number of halogens is 1. The number of para-hydroxylation sites is 1. The van der Waals surface area contributed by atoms with E-state index in [-0.39, 0.29) is 11.7 Å². The molecular formula is C18H17ClN4O. The average Bonchev–Trinajstić information content (AvgIpc) is 2.96. The highest BCUT2D eigenvalue weighted by Crippen LogP contribution is 2.20. The van der Waals surface area contributed by atoms with E-state index in [0.717, 1.165) is 11.1 Å². The molecule has 1 amide bonds. The first kappa shape index (κ1) is 16.2. The van der Waals surface area contributed by atoms with Crippen molar-refractivity contribution in [2.75, 3.05) is 0 Å². The lowest BCUT2D eigenvalue weighted by Gasteiger charge is -2.06. The maximum atomic E-state index is 12.3. The molecule has 1 heterocycles. The van der Waals surface area contributed by atoms with Gasteiger partial charge in [-0.1, -0.05) is 48.0 Å². The number of aromatic nitrogens is 3. The summed E-state index contributed by atoms with van der Waals surface area (Å²) in [5.74, 6) is 0.414. The summed E-state index contributed by atoms with van der Waals surface area (Å²) in [6, 6.07) is 15.2. The summed E-state index contributed by atoms with van der Waals surface area (Å²) in [6.45, 7) is 4.23. The first-order chi connectivity index (χ1) is 11.6. The fourth-order valence-corrected chi connectivity index (χ4v) is 2.62. The van der Waals surface area contributed by atoms with Crippen LogP contribution in [0.4, 0.5) is 0 Å². The van der Waals surface area contributed by atoms with Crippen LogP contribution in [-0.2, 0) is 6.54 Å². The predicted octanol–water partition coefficient (Wildman–Crippen LogP) is 3.47. The van der Waals surface area contributed by atoms with E-state index in [2.05, 4.69) is 15.4 Å². The molecule has 0 unspecified atom stereocenters. The van der Waals surface area contributed by atoms with Crippen molar-refractivity contribution < 1.29 is 4.79 Å². The SMILES string of the molecule is Cc1ccccc1CNC(=O)c1nc(C)n(-c2ccccc2Cl)n1. The van der Waals surface area contributed by atoms with Gasteiger partial charge in [-0.2, -0.15) is 0 Å². The molecule has 0 aliphatic rings. The molecule has 0 radical (unpaired) electrons. The number of amides is 1. The topological polar surface area (TPSA) is 59.8 Å². The first-order valence-corrected chi connectivity index (χ1v) is 7.95. The lowest BCUT2D eigenvalue weighted by molar-refractivity contribution is 0.0940. The summed E-state index contributed by atoms with van der Waals surface area (Å²) in [7, 11) is 0. The van der Waals surface area contributed by atoms with E-state index >= 15 is 0 Å². The van der Waals surface area contributed by atoms with Crippen LogP contribution in [0.1, 0.15) is 27.6 Å². The van der Waals surface area contributed by atoms with Crippen molar-refractivity contribution in [3.63, 3.8) is 0 Å². The van der Waals surface area contributed by atoms with Gasteiger partial charge >= 0.3 is 0 Å². The Kier molecular flexibility index (Phi) is 4.62. The highest BCUT2D eigenvalue weighted by atomic mass is 35.5. The van der Waals surface area contributed by atoms with E-state index in [4.69, 9.17) is 11.6 Å². The zero-order valence-corrected chi connectivity index (χ0v) is 14.2. The van der Waals surface area contributed by atoms with E-state index in [0.29, 0.717) is 23.1 Å². The Morgan fingerprint density at radius 2 is 1.83 bits per heavy atom. The van der Waals surface area contributed by atoms with Crippen molar-refractivity contribution in [3.05, 3.63) is 76.3 Å². The summed E-state index contributed by atoms with van der Waals surface area (Å²) in [4.78, 5) is 16.6. The average molecular weight is 341 g/mol. The van der Waals surface area contributed by atoms with Gasteiger partial charge in [-0.25, -0.2) is 9.67 Å². The number of hydrogen-bond donors (Lipinski definition) is 1. The van der Waals surface area contributed by atoms with Crippen molar-refractivity contribution in [1.82, 2.24) is 20.1 Å². The Hall–Kier alpha value is -2.66. The van der Waals surface area contributed by atoms with E-state index < -0.39 is 0 Å². The fourth-order valence-electron chi connectivity index (χ4n) is 2.40. The molecule has 0 saturated heterocycles. The van der Waals surface area contributed by atoms with Crippen LogP contribution >= 0.6 is 11.6 Å². The first-order valence-electron chi connectivity index (χ1n) is 7.57. The van der Waals surface area contributed by atoms with Crippen LogP contribution in [0.2, 0.25) is 5.02 Å². The number of rotatable bonds is 4. The van der Waals surface area contributed by atoms with Gasteiger partial charge in [0.2, 0.25) is 5.82 Å². The lowest BCUT2D eigenvalue weighted by Crippen LogP contribution is -2.24. The van der Waals surface area contributed by atoms with Crippen molar-refractivity contribution in [1.29, 1.82) is 0 Å². The van der Waals surface area contributed by atoms with Crippen LogP contribution in [0.15, 0.2) is 48.5 Å². The molecule has 3 rings (SSSR count). The molecule has 6 heteroatoms. The maximum absolute atomic E-state index is 12.3. The van der Waals surface area contributed by atoms with Crippen molar-refractivity contribution in [2.24, 2.45) is 0 Å². The number of carbonyl (C=O) groups is 1. The predicted molar refractivity (Wildman–Crippen MR) is 93.5 cm³/mol. The van der Waals surface area contributed by atoms with E-state index in [1.54, 1.807) is 17.7 Å². The normalized spacial score (nSPS) is 10.6. The molecule has 0 saturated carbocycles. The molecule has 0 aliphatic carbocycles. The minimum Gasteiger partial charge on any atom is -0.345 e. The standard InChI is InChI=1S/C18H17ClN4O/c1-12-7-3-4-8-14(12)11-20-18(24)17-21-13(2)23(22-17)16-10-6-5-9-15(16)19/h3-10H,11H2,1-2H3,(H,20,24). The van der Waals surface area contributed by atoms with Gasteiger partial charge in [0.15, 0.2) is 0 Å². The van der Waals surface area contributed by atoms with Gasteiger partial charge in [-0.05, 0) is 37.1 Å². The van der Waals surface area contributed by atoms with Gasteiger partial charge in [0.1, 0.15) is 5.82 Å². The van der Waals surface area contributed by atoms with Gasteiger partial charge < -0.3 is 5.32 Å². The van der Waals surface area contributed by atoms with Crippen molar-refractivity contribution in [3.8, 4) is 5.69 Å². The molecule has 1 N–H and O–H groups in total. The van der Waals surface area contributed by atoms with Crippen molar-refractivity contribution in [2.45, 2.75) is 20.4 Å². The lowest BCUT2D eigenvalue weighted by atomic mass is 10.1. The van der Waals surface area contributed by atoms with Gasteiger partial charge in [0.25, 0.3) is 5.91 Å². The number of carbonyl (C=O) groups excluding carboxylic acids is 1. The molecule has 0 spiro atoms. The number of nitrogens with one attached hydrogen (secondary N) is 1. The van der Waals surface area contributed by atoms with Crippen molar-refractivity contribution >= 4 is 17.5 Å². The second-order valence-corrected chi connectivity index (χ2v) is 5.86. The number of aryl methyl sites for hydroxylation is 2. The van der Waals surface area contributed by atoms with Crippen LogP contribution in [0, 0.1) is 13.8 Å². The number of nitrogens with zero attached hydrogens (tertiary/aromatic N) is 3. The molecule has 0 fully saturated rings. The molecule has 0 aliphatic heterocycles. The van der Waals surface area contributed by atoms with E-state index in [1.807, 2.05) is 49.4 Å². The Morgan fingerprint density at radius 1 is 1.12 bits per heavy atom. The van der Waals surface area contributed by atoms with Crippen LogP contribution < -0.4 is 5.32 Å². The van der Waals surface area contributed by atoms with Crippen LogP contribution in [0.3, 0.4) is 0 Å². The zero-order valence-electron chi connectivity index (χ0n) is 13.5.